The van der Waals surface area contributed by atoms with Crippen LogP contribution < -0.4 is 24.2 Å². The molecule has 0 spiro atoms. The SMILES string of the molecule is COc1ccc(NC(=O)c2ccccc2NS(=O)(=O)c2cc(Cl)ccc2OC)c(OC)c1. The van der Waals surface area contributed by atoms with Crippen molar-refractivity contribution in [2.75, 3.05) is 31.4 Å². The maximum absolute atomic E-state index is 13.0. The van der Waals surface area contributed by atoms with E-state index in [1.54, 1.807) is 30.3 Å². The number of amides is 1. The van der Waals surface area contributed by atoms with Crippen LogP contribution in [0.3, 0.4) is 0 Å². The van der Waals surface area contributed by atoms with Crippen LogP contribution in [0, 0.1) is 0 Å². The number of sulfonamides is 1. The number of ether oxygens (including phenoxy) is 3. The van der Waals surface area contributed by atoms with Gasteiger partial charge in [-0.25, -0.2) is 8.42 Å². The van der Waals surface area contributed by atoms with Crippen LogP contribution in [0.2, 0.25) is 5.02 Å². The van der Waals surface area contributed by atoms with Crippen LogP contribution >= 0.6 is 11.6 Å². The largest absolute Gasteiger partial charge is 0.497 e. The molecule has 0 heterocycles. The summed E-state index contributed by atoms with van der Waals surface area (Å²) < 4.78 is 44.1. The number of halogens is 1. The summed E-state index contributed by atoms with van der Waals surface area (Å²) in [5.74, 6) is 0.527. The number of para-hydroxylation sites is 1. The van der Waals surface area contributed by atoms with Crippen LogP contribution in [0.1, 0.15) is 10.4 Å². The van der Waals surface area contributed by atoms with Crippen LogP contribution in [0.4, 0.5) is 11.4 Å². The van der Waals surface area contributed by atoms with Gasteiger partial charge in [-0.1, -0.05) is 23.7 Å². The van der Waals surface area contributed by atoms with Crippen LogP contribution in [-0.2, 0) is 10.0 Å². The summed E-state index contributed by atoms with van der Waals surface area (Å²) in [7, 11) is 0.224. The Balaban J connectivity index is 1.93. The Kier molecular flexibility index (Phi) is 7.12. The van der Waals surface area contributed by atoms with E-state index in [2.05, 4.69) is 10.0 Å². The molecule has 0 saturated carbocycles. The van der Waals surface area contributed by atoms with Crippen LogP contribution in [-0.4, -0.2) is 35.7 Å². The summed E-state index contributed by atoms with van der Waals surface area (Å²) in [6.07, 6.45) is 0. The average molecular weight is 477 g/mol. The monoisotopic (exact) mass is 476 g/mol. The Morgan fingerprint density at radius 3 is 2.25 bits per heavy atom. The molecule has 0 saturated heterocycles. The topological polar surface area (TPSA) is 103 Å². The van der Waals surface area contributed by atoms with E-state index in [4.69, 9.17) is 25.8 Å². The van der Waals surface area contributed by atoms with Crippen molar-refractivity contribution in [3.63, 3.8) is 0 Å². The molecular formula is C22H21ClN2O6S. The number of benzene rings is 3. The van der Waals surface area contributed by atoms with E-state index in [0.29, 0.717) is 17.2 Å². The lowest BCUT2D eigenvalue weighted by Gasteiger charge is -2.16. The molecule has 32 heavy (non-hydrogen) atoms. The number of carbonyl (C=O) groups excluding carboxylic acids is 1. The predicted octanol–water partition coefficient (Wildman–Crippen LogP) is 4.42. The van der Waals surface area contributed by atoms with Gasteiger partial charge in [-0.2, -0.15) is 0 Å². The lowest BCUT2D eigenvalue weighted by Crippen LogP contribution is -2.19. The second kappa shape index (κ2) is 9.80. The van der Waals surface area contributed by atoms with Gasteiger partial charge in [0.25, 0.3) is 15.9 Å². The van der Waals surface area contributed by atoms with Gasteiger partial charge in [0.2, 0.25) is 0 Å². The van der Waals surface area contributed by atoms with E-state index in [-0.39, 0.29) is 26.9 Å². The minimum Gasteiger partial charge on any atom is -0.497 e. The van der Waals surface area contributed by atoms with Gasteiger partial charge >= 0.3 is 0 Å². The highest BCUT2D eigenvalue weighted by Gasteiger charge is 2.23. The molecule has 0 aromatic heterocycles. The zero-order chi connectivity index (χ0) is 23.3. The number of nitrogens with one attached hydrogen (secondary N) is 2. The molecule has 0 atom stereocenters. The highest BCUT2D eigenvalue weighted by atomic mass is 35.5. The van der Waals surface area contributed by atoms with Crippen molar-refractivity contribution in [2.24, 2.45) is 0 Å². The molecule has 0 aliphatic heterocycles. The molecule has 1 amide bonds. The second-order valence-corrected chi connectivity index (χ2v) is 8.55. The van der Waals surface area contributed by atoms with Crippen molar-refractivity contribution in [3.05, 3.63) is 71.2 Å². The molecule has 0 aliphatic carbocycles. The third-order valence-corrected chi connectivity index (χ3v) is 6.11. The van der Waals surface area contributed by atoms with Crippen LogP contribution in [0.25, 0.3) is 0 Å². The lowest BCUT2D eigenvalue weighted by molar-refractivity contribution is 0.102. The molecule has 168 valence electrons. The van der Waals surface area contributed by atoms with Crippen molar-refractivity contribution < 1.29 is 27.4 Å². The Labute approximate surface area is 191 Å². The van der Waals surface area contributed by atoms with Crippen molar-refractivity contribution in [1.29, 1.82) is 0 Å². The maximum atomic E-state index is 13.0. The Hall–Kier alpha value is -3.43. The highest BCUT2D eigenvalue weighted by Crippen LogP contribution is 2.32. The van der Waals surface area contributed by atoms with Gasteiger partial charge in [-0.05, 0) is 42.5 Å². The second-order valence-electron chi connectivity index (χ2n) is 6.47. The van der Waals surface area contributed by atoms with E-state index >= 15 is 0 Å². The number of methoxy groups -OCH3 is 3. The predicted molar refractivity (Wildman–Crippen MR) is 123 cm³/mol. The van der Waals surface area contributed by atoms with Crippen molar-refractivity contribution >= 4 is 38.9 Å². The fourth-order valence-electron chi connectivity index (χ4n) is 2.92. The van der Waals surface area contributed by atoms with Gasteiger partial charge in [0, 0.05) is 11.1 Å². The molecule has 0 unspecified atom stereocenters. The Morgan fingerprint density at radius 1 is 0.844 bits per heavy atom. The first-order chi connectivity index (χ1) is 15.3. The van der Waals surface area contributed by atoms with Gasteiger partial charge in [0.05, 0.1) is 38.3 Å². The minimum absolute atomic E-state index is 0.0829. The van der Waals surface area contributed by atoms with E-state index in [1.165, 1.54) is 51.7 Å². The van der Waals surface area contributed by atoms with Crippen LogP contribution in [0.15, 0.2) is 65.6 Å². The molecule has 3 rings (SSSR count). The molecule has 0 aliphatic rings. The number of anilines is 2. The summed E-state index contributed by atoms with van der Waals surface area (Å²) in [5, 5.41) is 2.95. The first kappa shape index (κ1) is 23.2. The Bertz CT molecular complexity index is 1250. The fourth-order valence-corrected chi connectivity index (χ4v) is 4.43. The summed E-state index contributed by atoms with van der Waals surface area (Å²) in [6, 6.07) is 15.4. The van der Waals surface area contributed by atoms with E-state index in [9.17, 15) is 13.2 Å². The summed E-state index contributed by atoms with van der Waals surface area (Å²) in [5.41, 5.74) is 0.585. The maximum Gasteiger partial charge on any atom is 0.265 e. The van der Waals surface area contributed by atoms with Gasteiger partial charge in [-0.15, -0.1) is 0 Å². The zero-order valence-electron chi connectivity index (χ0n) is 17.5. The number of rotatable bonds is 8. The number of hydrogen-bond donors (Lipinski definition) is 2. The molecule has 0 radical (unpaired) electrons. The quantitative estimate of drug-likeness (QED) is 0.499. The first-order valence-electron chi connectivity index (χ1n) is 9.28. The normalized spacial score (nSPS) is 10.9. The molecule has 0 bridgehead atoms. The lowest BCUT2D eigenvalue weighted by atomic mass is 10.1. The first-order valence-corrected chi connectivity index (χ1v) is 11.1. The molecular weight excluding hydrogens is 456 g/mol. The molecule has 3 aromatic carbocycles. The average Bonchev–Trinajstić information content (AvgIpc) is 2.79. The molecule has 10 heteroatoms. The minimum atomic E-state index is -4.11. The molecule has 8 nitrogen and oxygen atoms in total. The third-order valence-electron chi connectivity index (χ3n) is 4.49. The Morgan fingerprint density at radius 2 is 1.56 bits per heavy atom. The number of carbonyl (C=O) groups is 1. The van der Waals surface area contributed by atoms with Gasteiger partial charge < -0.3 is 19.5 Å². The fraction of sp³-hybridized carbons (Fsp3) is 0.136. The third kappa shape index (κ3) is 5.06. The van der Waals surface area contributed by atoms with E-state index in [1.807, 2.05) is 0 Å². The van der Waals surface area contributed by atoms with E-state index in [0.717, 1.165) is 0 Å². The van der Waals surface area contributed by atoms with E-state index < -0.39 is 15.9 Å². The van der Waals surface area contributed by atoms with Gasteiger partial charge in [-0.3, -0.25) is 9.52 Å². The summed E-state index contributed by atoms with van der Waals surface area (Å²) in [6.45, 7) is 0. The zero-order valence-corrected chi connectivity index (χ0v) is 19.1. The molecule has 0 fully saturated rings. The van der Waals surface area contributed by atoms with Crippen molar-refractivity contribution in [3.8, 4) is 17.2 Å². The summed E-state index contributed by atoms with van der Waals surface area (Å²) in [4.78, 5) is 12.8. The van der Waals surface area contributed by atoms with Gasteiger partial charge in [0.15, 0.2) is 0 Å². The van der Waals surface area contributed by atoms with Crippen LogP contribution in [0.5, 0.6) is 17.2 Å². The molecule has 3 aromatic rings. The highest BCUT2D eigenvalue weighted by molar-refractivity contribution is 7.92. The smallest absolute Gasteiger partial charge is 0.265 e. The van der Waals surface area contributed by atoms with Crippen molar-refractivity contribution in [1.82, 2.24) is 0 Å². The van der Waals surface area contributed by atoms with Crippen molar-refractivity contribution in [2.45, 2.75) is 4.90 Å². The standard InChI is InChI=1S/C22H21ClN2O6S/c1-29-15-9-10-18(20(13-15)31-3)24-22(26)16-6-4-5-7-17(16)25-32(27,28)21-12-14(23)8-11-19(21)30-2/h4-13,25H,1-3H3,(H,24,26). The number of hydrogen-bond acceptors (Lipinski definition) is 6. The summed E-state index contributed by atoms with van der Waals surface area (Å²) >= 11 is 5.97. The molecule has 2 N–H and O–H groups in total. The van der Waals surface area contributed by atoms with Gasteiger partial charge in [0.1, 0.15) is 22.1 Å².